The van der Waals surface area contributed by atoms with E-state index < -0.39 is 5.97 Å². The number of rotatable bonds is 7. The lowest BCUT2D eigenvalue weighted by Crippen LogP contribution is -2.00. The summed E-state index contributed by atoms with van der Waals surface area (Å²) in [4.78, 5) is 11.1. The van der Waals surface area contributed by atoms with Crippen molar-refractivity contribution in [2.45, 2.75) is 20.5 Å². The average Bonchev–Trinajstić information content (AvgIpc) is 3.15. The van der Waals surface area contributed by atoms with Gasteiger partial charge in [0.05, 0.1) is 17.2 Å². The number of carboxylic acid groups (broad SMARTS) is 1. The number of nitrogens with zero attached hydrogens (tertiary/aromatic N) is 2. The van der Waals surface area contributed by atoms with Crippen LogP contribution in [-0.4, -0.2) is 15.6 Å². The van der Waals surface area contributed by atoms with Gasteiger partial charge in [0.25, 0.3) is 0 Å². The van der Waals surface area contributed by atoms with Gasteiger partial charge in [0.15, 0.2) is 0 Å². The Morgan fingerprint density at radius 1 is 1.00 bits per heavy atom. The molecule has 0 atom stereocenters. The minimum atomic E-state index is -1.01. The van der Waals surface area contributed by atoms with Gasteiger partial charge in [-0.1, -0.05) is 24.3 Å². The summed E-state index contributed by atoms with van der Waals surface area (Å²) in [5.74, 6) is -0.575. The molecule has 0 saturated heterocycles. The first-order valence-electron chi connectivity index (χ1n) is 11.0. The summed E-state index contributed by atoms with van der Waals surface area (Å²) in [6, 6.07) is 24.4. The lowest BCUT2D eigenvalue weighted by molar-refractivity contribution is 0.0697. The maximum absolute atomic E-state index is 13.1. The van der Waals surface area contributed by atoms with E-state index in [4.69, 9.17) is 9.84 Å². The SMILES string of the molecule is Cc1cc(/C=C(/C#N)c2ccc(C(=O)O)cc2)c(C)n1-c1ccc(OCc2ccc(F)cc2)cc1. The summed E-state index contributed by atoms with van der Waals surface area (Å²) in [6.45, 7) is 4.33. The van der Waals surface area contributed by atoms with Crippen LogP contribution in [0, 0.1) is 31.0 Å². The predicted octanol–water partition coefficient (Wildman–Crippen LogP) is 6.57. The highest BCUT2D eigenvalue weighted by atomic mass is 19.1. The number of benzene rings is 3. The number of hydrogen-bond donors (Lipinski definition) is 1. The zero-order valence-corrected chi connectivity index (χ0v) is 19.3. The van der Waals surface area contributed by atoms with Crippen molar-refractivity contribution in [2.24, 2.45) is 0 Å². The van der Waals surface area contributed by atoms with E-state index in [0.29, 0.717) is 23.5 Å². The maximum Gasteiger partial charge on any atom is 0.335 e. The van der Waals surface area contributed by atoms with Gasteiger partial charge in [0.2, 0.25) is 0 Å². The van der Waals surface area contributed by atoms with Gasteiger partial charge in [0.1, 0.15) is 18.2 Å². The fraction of sp³-hybridized carbons (Fsp3) is 0.103. The molecule has 0 spiro atoms. The minimum absolute atomic E-state index is 0.175. The van der Waals surface area contributed by atoms with Crippen LogP contribution in [0.3, 0.4) is 0 Å². The summed E-state index contributed by atoms with van der Waals surface area (Å²) < 4.78 is 21.0. The Kier molecular flexibility index (Phi) is 6.79. The smallest absolute Gasteiger partial charge is 0.335 e. The summed E-state index contributed by atoms with van der Waals surface area (Å²) in [6.07, 6.45) is 1.81. The van der Waals surface area contributed by atoms with Crippen LogP contribution >= 0.6 is 0 Å². The van der Waals surface area contributed by atoms with Crippen molar-refractivity contribution in [2.75, 3.05) is 0 Å². The lowest BCUT2D eigenvalue weighted by Gasteiger charge is -2.12. The van der Waals surface area contributed by atoms with E-state index in [-0.39, 0.29) is 11.4 Å². The topological polar surface area (TPSA) is 75.3 Å². The van der Waals surface area contributed by atoms with Crippen LogP contribution in [0.4, 0.5) is 4.39 Å². The molecule has 0 unspecified atom stereocenters. The Hall–Kier alpha value is -4.63. The molecule has 35 heavy (non-hydrogen) atoms. The number of nitriles is 1. The van der Waals surface area contributed by atoms with Crippen LogP contribution in [0.25, 0.3) is 17.3 Å². The summed E-state index contributed by atoms with van der Waals surface area (Å²) in [5.41, 5.74) is 6.00. The van der Waals surface area contributed by atoms with Crippen LogP contribution in [0.15, 0.2) is 78.9 Å². The first-order valence-corrected chi connectivity index (χ1v) is 11.0. The largest absolute Gasteiger partial charge is 0.489 e. The highest BCUT2D eigenvalue weighted by molar-refractivity contribution is 5.92. The lowest BCUT2D eigenvalue weighted by atomic mass is 10.0. The van der Waals surface area contributed by atoms with Crippen molar-refractivity contribution < 1.29 is 19.0 Å². The Labute approximate surface area is 203 Å². The second kappa shape index (κ2) is 10.1. The summed E-state index contributed by atoms with van der Waals surface area (Å²) in [7, 11) is 0. The standard InChI is InChI=1S/C29H23FN2O3/c1-19-15-24(16-25(17-31)22-5-7-23(8-6-22)29(33)34)20(2)32(19)27-11-13-28(14-12-27)35-18-21-3-9-26(30)10-4-21/h3-16H,18H2,1-2H3,(H,33,34)/b25-16-. The van der Waals surface area contributed by atoms with Crippen LogP contribution in [0.1, 0.15) is 38.4 Å². The van der Waals surface area contributed by atoms with Gasteiger partial charge in [-0.2, -0.15) is 5.26 Å². The molecule has 0 aliphatic carbocycles. The van der Waals surface area contributed by atoms with E-state index in [1.54, 1.807) is 24.3 Å². The molecule has 1 N–H and O–H groups in total. The van der Waals surface area contributed by atoms with Crippen molar-refractivity contribution in [1.82, 2.24) is 4.57 Å². The number of aromatic carboxylic acids is 1. The third-order valence-corrected chi connectivity index (χ3v) is 5.75. The van der Waals surface area contributed by atoms with Crippen LogP contribution in [-0.2, 0) is 6.61 Å². The van der Waals surface area contributed by atoms with Crippen molar-refractivity contribution in [1.29, 1.82) is 5.26 Å². The van der Waals surface area contributed by atoms with E-state index in [1.807, 2.05) is 50.3 Å². The number of carboxylic acids is 1. The minimum Gasteiger partial charge on any atom is -0.489 e. The average molecular weight is 467 g/mol. The molecule has 174 valence electrons. The molecule has 0 aliphatic rings. The molecule has 0 radical (unpaired) electrons. The molecular formula is C29H23FN2O3. The number of carbonyl (C=O) groups is 1. The molecule has 0 saturated carbocycles. The Morgan fingerprint density at radius 3 is 2.23 bits per heavy atom. The van der Waals surface area contributed by atoms with E-state index in [0.717, 1.165) is 28.2 Å². The molecule has 0 fully saturated rings. The molecule has 4 aromatic rings. The number of halogens is 1. The predicted molar refractivity (Wildman–Crippen MR) is 133 cm³/mol. The second-order valence-corrected chi connectivity index (χ2v) is 8.12. The van der Waals surface area contributed by atoms with E-state index in [2.05, 4.69) is 10.6 Å². The van der Waals surface area contributed by atoms with Gasteiger partial charge in [-0.15, -0.1) is 0 Å². The second-order valence-electron chi connectivity index (χ2n) is 8.12. The van der Waals surface area contributed by atoms with Gasteiger partial charge in [-0.3, -0.25) is 0 Å². The van der Waals surface area contributed by atoms with Gasteiger partial charge in [-0.05, 0) is 91.2 Å². The highest BCUT2D eigenvalue weighted by Gasteiger charge is 2.12. The fourth-order valence-corrected chi connectivity index (χ4v) is 3.90. The van der Waals surface area contributed by atoms with Crippen molar-refractivity contribution in [3.63, 3.8) is 0 Å². The molecular weight excluding hydrogens is 443 g/mol. The van der Waals surface area contributed by atoms with Crippen LogP contribution in [0.2, 0.25) is 0 Å². The number of hydrogen-bond acceptors (Lipinski definition) is 3. The Morgan fingerprint density at radius 2 is 1.63 bits per heavy atom. The molecule has 0 bridgehead atoms. The van der Waals surface area contributed by atoms with Crippen LogP contribution < -0.4 is 4.74 Å². The number of allylic oxidation sites excluding steroid dienone is 1. The third kappa shape index (κ3) is 5.31. The van der Waals surface area contributed by atoms with Gasteiger partial charge in [-0.25, -0.2) is 9.18 Å². The first-order chi connectivity index (χ1) is 16.9. The van der Waals surface area contributed by atoms with Gasteiger partial charge >= 0.3 is 5.97 Å². The molecule has 5 nitrogen and oxygen atoms in total. The quantitative estimate of drug-likeness (QED) is 0.312. The fourth-order valence-electron chi connectivity index (χ4n) is 3.90. The van der Waals surface area contributed by atoms with Gasteiger partial charge in [0, 0.05) is 17.1 Å². The number of aryl methyl sites for hydroxylation is 1. The van der Waals surface area contributed by atoms with E-state index in [1.165, 1.54) is 24.3 Å². The van der Waals surface area contributed by atoms with E-state index >= 15 is 0 Å². The zero-order valence-electron chi connectivity index (χ0n) is 19.3. The summed E-state index contributed by atoms with van der Waals surface area (Å²) >= 11 is 0. The third-order valence-electron chi connectivity index (χ3n) is 5.75. The Balaban J connectivity index is 1.55. The summed E-state index contributed by atoms with van der Waals surface area (Å²) in [5, 5.41) is 18.8. The molecule has 0 aliphatic heterocycles. The normalized spacial score (nSPS) is 11.2. The van der Waals surface area contributed by atoms with Crippen molar-refractivity contribution in [3.8, 4) is 17.5 Å². The molecule has 4 rings (SSSR count). The van der Waals surface area contributed by atoms with Gasteiger partial charge < -0.3 is 14.4 Å². The molecule has 1 aromatic heterocycles. The highest BCUT2D eigenvalue weighted by Crippen LogP contribution is 2.27. The maximum atomic E-state index is 13.1. The van der Waals surface area contributed by atoms with Crippen molar-refractivity contribution in [3.05, 3.63) is 118 Å². The molecule has 1 heterocycles. The Bertz CT molecular complexity index is 1430. The van der Waals surface area contributed by atoms with Crippen molar-refractivity contribution >= 4 is 17.6 Å². The molecule has 0 amide bonds. The molecule has 3 aromatic carbocycles. The van der Waals surface area contributed by atoms with Crippen LogP contribution in [0.5, 0.6) is 5.75 Å². The monoisotopic (exact) mass is 466 g/mol. The zero-order chi connectivity index (χ0) is 24.9. The van der Waals surface area contributed by atoms with E-state index in [9.17, 15) is 14.4 Å². The first kappa shape index (κ1) is 23.5. The number of ether oxygens (including phenoxy) is 1. The molecule has 6 heteroatoms. The number of aromatic nitrogens is 1.